The number of hydrogen-bond acceptors (Lipinski definition) is 4. The first-order valence-corrected chi connectivity index (χ1v) is 10.6. The molecule has 0 aromatic heterocycles. The van der Waals surface area contributed by atoms with Crippen molar-refractivity contribution in [2.45, 2.75) is 33.3 Å². The Morgan fingerprint density at radius 1 is 1.16 bits per heavy atom. The minimum Gasteiger partial charge on any atom is -0.497 e. The minimum absolute atomic E-state index is 0.299. The molecule has 2 aromatic carbocycles. The third-order valence-corrected chi connectivity index (χ3v) is 6.19. The Morgan fingerprint density at radius 3 is 2.58 bits per heavy atom. The largest absolute Gasteiger partial charge is 0.497 e. The maximum Gasteiger partial charge on any atom is 0.310 e. The Kier molecular flexibility index (Phi) is 5.75. The van der Waals surface area contributed by atoms with Crippen molar-refractivity contribution < 1.29 is 23.8 Å². The summed E-state index contributed by atoms with van der Waals surface area (Å²) in [4.78, 5) is 13.7. The van der Waals surface area contributed by atoms with Crippen LogP contribution < -0.4 is 9.47 Å². The first-order valence-electron chi connectivity index (χ1n) is 10.6. The van der Waals surface area contributed by atoms with E-state index in [1.54, 1.807) is 33.1 Å². The predicted octanol–water partition coefficient (Wildman–Crippen LogP) is 4.74. The number of fused-ring (bicyclic) bond motifs is 2. The van der Waals surface area contributed by atoms with Crippen molar-refractivity contribution >= 4 is 11.5 Å². The van der Waals surface area contributed by atoms with E-state index in [2.05, 4.69) is 4.90 Å². The highest BCUT2D eigenvalue weighted by atomic mass is 19.1. The van der Waals surface area contributed by atoms with Crippen LogP contribution in [-0.2, 0) is 11.4 Å². The van der Waals surface area contributed by atoms with Gasteiger partial charge in [-0.2, -0.15) is 0 Å². The molecule has 6 heteroatoms. The van der Waals surface area contributed by atoms with Gasteiger partial charge in [-0.05, 0) is 73.7 Å². The smallest absolute Gasteiger partial charge is 0.310 e. The van der Waals surface area contributed by atoms with Crippen LogP contribution in [-0.4, -0.2) is 42.7 Å². The first-order chi connectivity index (χ1) is 14.8. The van der Waals surface area contributed by atoms with Crippen LogP contribution in [0.3, 0.4) is 0 Å². The SMILES string of the molecule is COc1ccc2c(c1)C(=C1CCN(CC(C)(C)C(=O)O)CC1)c1cc(F)ccc1OC2. The summed E-state index contributed by atoms with van der Waals surface area (Å²) >= 11 is 0. The van der Waals surface area contributed by atoms with Gasteiger partial charge in [-0.1, -0.05) is 11.6 Å². The molecule has 1 fully saturated rings. The highest BCUT2D eigenvalue weighted by molar-refractivity contribution is 5.87. The molecule has 1 saturated heterocycles. The zero-order chi connectivity index (χ0) is 22.2. The van der Waals surface area contributed by atoms with Crippen molar-refractivity contribution in [1.82, 2.24) is 4.90 Å². The Morgan fingerprint density at radius 2 is 1.90 bits per heavy atom. The first kappa shape index (κ1) is 21.4. The molecule has 0 radical (unpaired) electrons. The number of aliphatic carboxylic acids is 1. The standard InChI is InChI=1S/C25H28FNO4/c1-25(2,24(28)29)15-27-10-8-16(9-11-27)23-20-13-19(30-3)6-4-17(20)14-31-22-7-5-18(26)12-21(22)23/h4-7,12-13H,8-11,14-15H2,1-3H3,(H,28,29). The second-order valence-corrected chi connectivity index (χ2v) is 8.90. The lowest BCUT2D eigenvalue weighted by Crippen LogP contribution is -2.42. The molecule has 2 aliphatic heterocycles. The Hall–Kier alpha value is -2.86. The molecule has 2 aromatic rings. The van der Waals surface area contributed by atoms with Gasteiger partial charge in [0.25, 0.3) is 0 Å². The molecule has 4 rings (SSSR count). The molecule has 0 saturated carbocycles. The Bertz CT molecular complexity index is 1030. The number of carboxylic acid groups (broad SMARTS) is 1. The number of methoxy groups -OCH3 is 1. The highest BCUT2D eigenvalue weighted by Gasteiger charge is 2.32. The summed E-state index contributed by atoms with van der Waals surface area (Å²) in [5.74, 6) is 0.335. The van der Waals surface area contributed by atoms with Gasteiger partial charge in [-0.15, -0.1) is 0 Å². The number of rotatable bonds is 4. The van der Waals surface area contributed by atoms with Crippen LogP contribution in [0.25, 0.3) is 5.57 Å². The van der Waals surface area contributed by atoms with Crippen molar-refractivity contribution in [2.75, 3.05) is 26.7 Å². The number of halogens is 1. The molecule has 0 atom stereocenters. The summed E-state index contributed by atoms with van der Waals surface area (Å²) in [6.07, 6.45) is 1.58. The van der Waals surface area contributed by atoms with Crippen LogP contribution in [0.4, 0.5) is 4.39 Å². The van der Waals surface area contributed by atoms with E-state index >= 15 is 0 Å². The molecule has 164 valence electrons. The highest BCUT2D eigenvalue weighted by Crippen LogP contribution is 2.42. The molecule has 0 amide bonds. The van der Waals surface area contributed by atoms with Gasteiger partial charge in [-0.3, -0.25) is 4.79 Å². The number of carboxylic acids is 1. The van der Waals surface area contributed by atoms with E-state index in [1.165, 1.54) is 11.6 Å². The Labute approximate surface area is 182 Å². The van der Waals surface area contributed by atoms with Gasteiger partial charge in [0.05, 0.1) is 12.5 Å². The number of hydrogen-bond donors (Lipinski definition) is 1. The quantitative estimate of drug-likeness (QED) is 0.767. The van der Waals surface area contributed by atoms with Gasteiger partial charge in [-0.25, -0.2) is 4.39 Å². The third kappa shape index (κ3) is 4.30. The fourth-order valence-electron chi connectivity index (χ4n) is 4.40. The monoisotopic (exact) mass is 425 g/mol. The van der Waals surface area contributed by atoms with E-state index in [9.17, 15) is 14.3 Å². The maximum atomic E-state index is 14.2. The van der Waals surface area contributed by atoms with E-state index < -0.39 is 11.4 Å². The predicted molar refractivity (Wildman–Crippen MR) is 117 cm³/mol. The number of benzene rings is 2. The lowest BCUT2D eigenvalue weighted by Gasteiger charge is -2.34. The lowest BCUT2D eigenvalue weighted by atomic mass is 9.85. The summed E-state index contributed by atoms with van der Waals surface area (Å²) in [6, 6.07) is 10.6. The van der Waals surface area contributed by atoms with E-state index in [0.717, 1.165) is 53.9 Å². The van der Waals surface area contributed by atoms with E-state index in [1.807, 2.05) is 18.2 Å². The average molecular weight is 426 g/mol. The second kappa shape index (κ2) is 8.35. The molecule has 5 nitrogen and oxygen atoms in total. The Balaban J connectivity index is 1.74. The molecular weight excluding hydrogens is 397 g/mol. The van der Waals surface area contributed by atoms with Gasteiger partial charge in [0.15, 0.2) is 0 Å². The molecule has 0 bridgehead atoms. The fraction of sp³-hybridized carbons (Fsp3) is 0.400. The van der Waals surface area contributed by atoms with Gasteiger partial charge < -0.3 is 19.5 Å². The summed E-state index contributed by atoms with van der Waals surface area (Å²) < 4.78 is 25.7. The van der Waals surface area contributed by atoms with Gasteiger partial charge in [0.2, 0.25) is 0 Å². The topological polar surface area (TPSA) is 59.0 Å². The number of nitrogens with zero attached hydrogens (tertiary/aromatic N) is 1. The molecule has 0 unspecified atom stereocenters. The van der Waals surface area contributed by atoms with Crippen LogP contribution in [0.5, 0.6) is 11.5 Å². The van der Waals surface area contributed by atoms with Crippen LogP contribution in [0, 0.1) is 11.2 Å². The van der Waals surface area contributed by atoms with Crippen LogP contribution in [0.2, 0.25) is 0 Å². The van der Waals surface area contributed by atoms with Crippen molar-refractivity contribution in [3.63, 3.8) is 0 Å². The second-order valence-electron chi connectivity index (χ2n) is 8.90. The minimum atomic E-state index is -0.795. The number of carbonyl (C=O) groups is 1. The van der Waals surface area contributed by atoms with Crippen molar-refractivity contribution in [2.24, 2.45) is 5.41 Å². The molecule has 1 N–H and O–H groups in total. The van der Waals surface area contributed by atoms with E-state index in [4.69, 9.17) is 9.47 Å². The molecule has 2 aliphatic rings. The third-order valence-electron chi connectivity index (χ3n) is 6.19. The zero-order valence-electron chi connectivity index (χ0n) is 18.2. The molecule has 31 heavy (non-hydrogen) atoms. The number of likely N-dealkylation sites (tertiary alicyclic amines) is 1. The molecule has 2 heterocycles. The zero-order valence-corrected chi connectivity index (χ0v) is 18.2. The van der Waals surface area contributed by atoms with Crippen molar-refractivity contribution in [3.8, 4) is 11.5 Å². The fourth-order valence-corrected chi connectivity index (χ4v) is 4.40. The van der Waals surface area contributed by atoms with Crippen molar-refractivity contribution in [3.05, 3.63) is 64.5 Å². The van der Waals surface area contributed by atoms with Gasteiger partial charge >= 0.3 is 5.97 Å². The van der Waals surface area contributed by atoms with Gasteiger partial charge in [0.1, 0.15) is 23.9 Å². The summed E-state index contributed by atoms with van der Waals surface area (Å²) in [7, 11) is 1.64. The summed E-state index contributed by atoms with van der Waals surface area (Å²) in [6.45, 7) is 5.96. The molecule has 0 aliphatic carbocycles. The molecular formula is C25H28FNO4. The summed E-state index contributed by atoms with van der Waals surface area (Å²) in [5, 5.41) is 9.46. The van der Waals surface area contributed by atoms with Gasteiger partial charge in [0, 0.05) is 25.2 Å². The maximum absolute atomic E-state index is 14.2. The van der Waals surface area contributed by atoms with Crippen molar-refractivity contribution in [1.29, 1.82) is 0 Å². The average Bonchev–Trinajstić information content (AvgIpc) is 2.90. The molecule has 0 spiro atoms. The van der Waals surface area contributed by atoms with E-state index in [-0.39, 0.29) is 5.82 Å². The lowest BCUT2D eigenvalue weighted by molar-refractivity contribution is -0.148. The van der Waals surface area contributed by atoms with Crippen LogP contribution in [0.15, 0.2) is 42.0 Å². The summed E-state index contributed by atoms with van der Waals surface area (Å²) in [5.41, 5.74) is 4.26. The van der Waals surface area contributed by atoms with E-state index in [0.29, 0.717) is 18.9 Å². The number of piperidine rings is 1. The van der Waals surface area contributed by atoms with Crippen LogP contribution in [0.1, 0.15) is 43.4 Å². The van der Waals surface area contributed by atoms with Crippen LogP contribution >= 0.6 is 0 Å². The number of ether oxygens (including phenoxy) is 2. The normalized spacial score (nSPS) is 16.8.